The van der Waals surface area contributed by atoms with E-state index >= 15 is 0 Å². The molecule has 1 rings (SSSR count). The molecule has 0 aliphatic heterocycles. The van der Waals surface area contributed by atoms with Crippen molar-refractivity contribution in [1.29, 1.82) is 0 Å². The highest BCUT2D eigenvalue weighted by Gasteiger charge is 2.28. The summed E-state index contributed by atoms with van der Waals surface area (Å²) in [7, 11) is 0. The highest BCUT2D eigenvalue weighted by Crippen LogP contribution is 2.20. The van der Waals surface area contributed by atoms with Crippen molar-refractivity contribution in [2.45, 2.75) is 77.6 Å². The standard InChI is InChI=1S/C15H30N2O3/c1-6-19-10-11(2)16-12-7-8-13(9-12)17-14(18)20-15(3,4)5/h11-13,16H,6-10H2,1-5H3,(H,17,18). The van der Waals surface area contributed by atoms with Crippen LogP contribution in [0.25, 0.3) is 0 Å². The summed E-state index contributed by atoms with van der Waals surface area (Å²) in [5.74, 6) is 0. The number of ether oxygens (including phenoxy) is 2. The average Bonchev–Trinajstić information content (AvgIpc) is 2.71. The summed E-state index contributed by atoms with van der Waals surface area (Å²) < 4.78 is 10.7. The maximum absolute atomic E-state index is 11.7. The van der Waals surface area contributed by atoms with Crippen molar-refractivity contribution in [3.8, 4) is 0 Å². The van der Waals surface area contributed by atoms with Crippen LogP contribution in [0.5, 0.6) is 0 Å². The molecular formula is C15H30N2O3. The molecule has 0 radical (unpaired) electrons. The van der Waals surface area contributed by atoms with Crippen molar-refractivity contribution in [2.24, 2.45) is 0 Å². The van der Waals surface area contributed by atoms with Crippen LogP contribution in [0.15, 0.2) is 0 Å². The van der Waals surface area contributed by atoms with Gasteiger partial charge in [-0.1, -0.05) is 0 Å². The Bertz CT molecular complexity index is 302. The van der Waals surface area contributed by atoms with E-state index in [9.17, 15) is 4.79 Å². The molecule has 3 unspecified atom stereocenters. The number of hydrogen-bond acceptors (Lipinski definition) is 4. The average molecular weight is 286 g/mol. The second-order valence-electron chi connectivity index (χ2n) is 6.58. The van der Waals surface area contributed by atoms with E-state index in [2.05, 4.69) is 17.6 Å². The van der Waals surface area contributed by atoms with E-state index in [0.29, 0.717) is 12.1 Å². The molecule has 0 aromatic heterocycles. The Kier molecular flexibility index (Phi) is 6.76. The molecule has 0 heterocycles. The fourth-order valence-corrected chi connectivity index (χ4v) is 2.48. The van der Waals surface area contributed by atoms with Crippen LogP contribution in [0.1, 0.15) is 53.9 Å². The third-order valence-electron chi connectivity index (χ3n) is 3.25. The lowest BCUT2D eigenvalue weighted by atomic mass is 10.2. The number of carbonyl (C=O) groups excluding carboxylic acids is 1. The van der Waals surface area contributed by atoms with Crippen molar-refractivity contribution in [3.05, 3.63) is 0 Å². The van der Waals surface area contributed by atoms with E-state index in [1.54, 1.807) is 0 Å². The van der Waals surface area contributed by atoms with Crippen molar-refractivity contribution >= 4 is 6.09 Å². The van der Waals surface area contributed by atoms with E-state index in [-0.39, 0.29) is 12.1 Å². The van der Waals surface area contributed by atoms with E-state index in [0.717, 1.165) is 32.5 Å². The quantitative estimate of drug-likeness (QED) is 0.787. The van der Waals surface area contributed by atoms with E-state index in [4.69, 9.17) is 9.47 Å². The zero-order valence-electron chi connectivity index (χ0n) is 13.5. The molecule has 0 saturated heterocycles. The Morgan fingerprint density at radius 3 is 2.55 bits per heavy atom. The van der Waals surface area contributed by atoms with Crippen LogP contribution < -0.4 is 10.6 Å². The predicted octanol–water partition coefficient (Wildman–Crippen LogP) is 2.45. The summed E-state index contributed by atoms with van der Waals surface area (Å²) in [4.78, 5) is 11.7. The highest BCUT2D eigenvalue weighted by atomic mass is 16.6. The molecule has 5 heteroatoms. The molecule has 1 aliphatic carbocycles. The van der Waals surface area contributed by atoms with Gasteiger partial charge in [-0.15, -0.1) is 0 Å². The second kappa shape index (κ2) is 7.84. The Hall–Kier alpha value is -0.810. The van der Waals surface area contributed by atoms with E-state index in [1.165, 1.54) is 0 Å². The van der Waals surface area contributed by atoms with Gasteiger partial charge in [-0.2, -0.15) is 0 Å². The lowest BCUT2D eigenvalue weighted by molar-refractivity contribution is 0.0504. The van der Waals surface area contributed by atoms with Gasteiger partial charge in [0.25, 0.3) is 0 Å². The molecule has 1 fully saturated rings. The molecule has 1 amide bonds. The van der Waals surface area contributed by atoms with Gasteiger partial charge in [-0.3, -0.25) is 0 Å². The number of alkyl carbamates (subject to hydrolysis) is 1. The minimum atomic E-state index is -0.438. The van der Waals surface area contributed by atoms with Crippen molar-refractivity contribution in [3.63, 3.8) is 0 Å². The Balaban J connectivity index is 2.24. The van der Waals surface area contributed by atoms with Crippen LogP contribution in [0, 0.1) is 0 Å². The van der Waals surface area contributed by atoms with Crippen LogP contribution >= 0.6 is 0 Å². The number of carbonyl (C=O) groups is 1. The highest BCUT2D eigenvalue weighted by molar-refractivity contribution is 5.68. The first-order chi connectivity index (χ1) is 9.30. The minimum Gasteiger partial charge on any atom is -0.444 e. The molecular weight excluding hydrogens is 256 g/mol. The Morgan fingerprint density at radius 2 is 1.95 bits per heavy atom. The van der Waals surface area contributed by atoms with Gasteiger partial charge < -0.3 is 20.1 Å². The first-order valence-corrected chi connectivity index (χ1v) is 7.63. The predicted molar refractivity (Wildman–Crippen MR) is 79.9 cm³/mol. The van der Waals surface area contributed by atoms with Gasteiger partial charge in [0.1, 0.15) is 5.60 Å². The van der Waals surface area contributed by atoms with E-state index in [1.807, 2.05) is 27.7 Å². The van der Waals surface area contributed by atoms with Crippen LogP contribution in [0.4, 0.5) is 4.79 Å². The Morgan fingerprint density at radius 1 is 1.30 bits per heavy atom. The van der Waals surface area contributed by atoms with Gasteiger partial charge in [-0.05, 0) is 53.9 Å². The first kappa shape index (κ1) is 17.2. The Labute approximate surface area is 122 Å². The lowest BCUT2D eigenvalue weighted by Gasteiger charge is -2.22. The minimum absolute atomic E-state index is 0.210. The molecule has 5 nitrogen and oxygen atoms in total. The SMILES string of the molecule is CCOCC(C)NC1CCC(NC(=O)OC(C)(C)C)C1. The normalized spacial score (nSPS) is 24.4. The molecule has 0 aromatic rings. The lowest BCUT2D eigenvalue weighted by Crippen LogP contribution is -2.41. The van der Waals surface area contributed by atoms with Crippen molar-refractivity contribution in [2.75, 3.05) is 13.2 Å². The molecule has 20 heavy (non-hydrogen) atoms. The molecule has 118 valence electrons. The zero-order chi connectivity index (χ0) is 15.2. The first-order valence-electron chi connectivity index (χ1n) is 7.63. The molecule has 0 aromatic carbocycles. The molecule has 2 N–H and O–H groups in total. The summed E-state index contributed by atoms with van der Waals surface area (Å²) in [6.45, 7) is 11.2. The maximum atomic E-state index is 11.7. The number of nitrogens with one attached hydrogen (secondary N) is 2. The van der Waals surface area contributed by atoms with Crippen LogP contribution in [-0.2, 0) is 9.47 Å². The van der Waals surface area contributed by atoms with Gasteiger partial charge in [-0.25, -0.2) is 4.79 Å². The molecule has 1 aliphatic rings. The fraction of sp³-hybridized carbons (Fsp3) is 0.933. The monoisotopic (exact) mass is 286 g/mol. The summed E-state index contributed by atoms with van der Waals surface area (Å²) in [5, 5.41) is 6.50. The van der Waals surface area contributed by atoms with Gasteiger partial charge in [0.15, 0.2) is 0 Å². The largest absolute Gasteiger partial charge is 0.444 e. The van der Waals surface area contributed by atoms with Crippen LogP contribution in [0.2, 0.25) is 0 Å². The van der Waals surface area contributed by atoms with Gasteiger partial charge in [0, 0.05) is 24.7 Å². The van der Waals surface area contributed by atoms with Crippen LogP contribution in [-0.4, -0.2) is 43.0 Å². The molecule has 3 atom stereocenters. The third kappa shape index (κ3) is 7.10. The van der Waals surface area contributed by atoms with Crippen molar-refractivity contribution < 1.29 is 14.3 Å². The van der Waals surface area contributed by atoms with Crippen molar-refractivity contribution in [1.82, 2.24) is 10.6 Å². The summed E-state index contributed by atoms with van der Waals surface area (Å²) >= 11 is 0. The van der Waals surface area contributed by atoms with Gasteiger partial charge in [0.05, 0.1) is 6.61 Å². The zero-order valence-corrected chi connectivity index (χ0v) is 13.5. The van der Waals surface area contributed by atoms with Crippen LogP contribution in [0.3, 0.4) is 0 Å². The van der Waals surface area contributed by atoms with Gasteiger partial charge >= 0.3 is 6.09 Å². The smallest absolute Gasteiger partial charge is 0.407 e. The van der Waals surface area contributed by atoms with E-state index < -0.39 is 5.60 Å². The van der Waals surface area contributed by atoms with Gasteiger partial charge in [0.2, 0.25) is 0 Å². The maximum Gasteiger partial charge on any atom is 0.407 e. The molecule has 0 spiro atoms. The second-order valence-corrected chi connectivity index (χ2v) is 6.58. The molecule has 1 saturated carbocycles. The summed E-state index contributed by atoms with van der Waals surface area (Å²) in [6.07, 6.45) is 2.72. The summed E-state index contributed by atoms with van der Waals surface area (Å²) in [6, 6.07) is 1.01. The summed E-state index contributed by atoms with van der Waals surface area (Å²) in [5.41, 5.74) is -0.438. The fourth-order valence-electron chi connectivity index (χ4n) is 2.48. The topological polar surface area (TPSA) is 59.6 Å². The number of amides is 1. The number of hydrogen-bond donors (Lipinski definition) is 2. The number of rotatable bonds is 6. The third-order valence-corrected chi connectivity index (χ3v) is 3.25. The molecule has 0 bridgehead atoms.